The standard InChI is InChI=1S/C14H13BrN2O3/c1-3-20-14(19)13-10(9(2)18)8-17(16-13)12-7-5-4-6-11(12)15/h4-8H,3H2,1-2H3. The van der Waals surface area contributed by atoms with Gasteiger partial charge in [-0.2, -0.15) is 5.10 Å². The summed E-state index contributed by atoms with van der Waals surface area (Å²) in [5, 5.41) is 4.17. The van der Waals surface area contributed by atoms with Crippen molar-refractivity contribution in [2.45, 2.75) is 13.8 Å². The number of halogens is 1. The van der Waals surface area contributed by atoms with Crippen LogP contribution in [0.1, 0.15) is 34.7 Å². The highest BCUT2D eigenvalue weighted by molar-refractivity contribution is 9.10. The number of esters is 1. The molecule has 104 valence electrons. The van der Waals surface area contributed by atoms with Gasteiger partial charge in [0.2, 0.25) is 0 Å². The first-order valence-electron chi connectivity index (χ1n) is 6.07. The van der Waals surface area contributed by atoms with Gasteiger partial charge in [-0.25, -0.2) is 9.48 Å². The van der Waals surface area contributed by atoms with Crippen LogP contribution in [-0.2, 0) is 4.74 Å². The van der Waals surface area contributed by atoms with E-state index in [1.807, 2.05) is 24.3 Å². The number of benzene rings is 1. The molecule has 0 unspecified atom stereocenters. The minimum atomic E-state index is -0.594. The quantitative estimate of drug-likeness (QED) is 0.636. The Morgan fingerprint density at radius 3 is 2.65 bits per heavy atom. The van der Waals surface area contributed by atoms with E-state index in [-0.39, 0.29) is 23.6 Å². The second-order valence-corrected chi connectivity index (χ2v) is 4.92. The maximum atomic E-state index is 11.8. The Morgan fingerprint density at radius 1 is 1.35 bits per heavy atom. The van der Waals surface area contributed by atoms with E-state index >= 15 is 0 Å². The van der Waals surface area contributed by atoms with Gasteiger partial charge in [0, 0.05) is 10.7 Å². The molecule has 0 saturated carbocycles. The van der Waals surface area contributed by atoms with Gasteiger partial charge in [-0.15, -0.1) is 0 Å². The lowest BCUT2D eigenvalue weighted by Crippen LogP contribution is -2.10. The topological polar surface area (TPSA) is 61.2 Å². The van der Waals surface area contributed by atoms with Crippen LogP contribution < -0.4 is 0 Å². The molecular formula is C14H13BrN2O3. The van der Waals surface area contributed by atoms with E-state index in [4.69, 9.17) is 4.74 Å². The van der Waals surface area contributed by atoms with Crippen LogP contribution >= 0.6 is 15.9 Å². The minimum absolute atomic E-state index is 0.0371. The Hall–Kier alpha value is -1.95. The average molecular weight is 337 g/mol. The molecule has 6 heteroatoms. The highest BCUT2D eigenvalue weighted by Crippen LogP contribution is 2.21. The van der Waals surface area contributed by atoms with E-state index in [1.165, 1.54) is 17.8 Å². The summed E-state index contributed by atoms with van der Waals surface area (Å²) in [5.41, 5.74) is 1.03. The highest BCUT2D eigenvalue weighted by atomic mass is 79.9. The van der Waals surface area contributed by atoms with E-state index in [2.05, 4.69) is 21.0 Å². The number of para-hydroxylation sites is 1. The number of ketones is 1. The van der Waals surface area contributed by atoms with Crippen molar-refractivity contribution in [2.24, 2.45) is 0 Å². The predicted molar refractivity (Wildman–Crippen MR) is 77.2 cm³/mol. The average Bonchev–Trinajstić information content (AvgIpc) is 2.84. The second kappa shape index (κ2) is 6.00. The maximum absolute atomic E-state index is 11.8. The molecule has 0 aliphatic heterocycles. The molecule has 0 fully saturated rings. The Bertz CT molecular complexity index is 664. The van der Waals surface area contributed by atoms with Crippen LogP contribution in [0.4, 0.5) is 0 Å². The third kappa shape index (κ3) is 2.80. The van der Waals surface area contributed by atoms with Gasteiger partial charge in [0.05, 0.1) is 17.9 Å². The van der Waals surface area contributed by atoms with Gasteiger partial charge in [-0.05, 0) is 41.9 Å². The van der Waals surface area contributed by atoms with Crippen molar-refractivity contribution in [3.8, 4) is 5.69 Å². The number of carbonyl (C=O) groups excluding carboxylic acids is 2. The van der Waals surface area contributed by atoms with Gasteiger partial charge in [-0.3, -0.25) is 4.79 Å². The summed E-state index contributed by atoms with van der Waals surface area (Å²) in [6.07, 6.45) is 1.54. The Kier molecular flexibility index (Phi) is 4.34. The number of rotatable bonds is 4. The van der Waals surface area contributed by atoms with Crippen LogP contribution in [0.3, 0.4) is 0 Å². The van der Waals surface area contributed by atoms with E-state index in [0.29, 0.717) is 0 Å². The molecule has 0 spiro atoms. The maximum Gasteiger partial charge on any atom is 0.359 e. The Balaban J connectivity index is 2.53. The molecule has 1 heterocycles. The van der Waals surface area contributed by atoms with Crippen molar-refractivity contribution in [1.29, 1.82) is 0 Å². The summed E-state index contributed by atoms with van der Waals surface area (Å²) in [5.74, 6) is -0.824. The molecule has 0 atom stereocenters. The number of hydrogen-bond donors (Lipinski definition) is 0. The lowest BCUT2D eigenvalue weighted by atomic mass is 10.2. The van der Waals surface area contributed by atoms with E-state index in [1.54, 1.807) is 6.92 Å². The predicted octanol–water partition coefficient (Wildman–Crippen LogP) is 3.01. The van der Waals surface area contributed by atoms with Crippen molar-refractivity contribution in [2.75, 3.05) is 6.61 Å². The molecule has 0 saturated heterocycles. The third-order valence-corrected chi connectivity index (χ3v) is 3.33. The summed E-state index contributed by atoms with van der Waals surface area (Å²) in [4.78, 5) is 23.5. The monoisotopic (exact) mass is 336 g/mol. The molecule has 0 bridgehead atoms. The minimum Gasteiger partial charge on any atom is -0.461 e. The van der Waals surface area contributed by atoms with Crippen LogP contribution in [-0.4, -0.2) is 28.1 Å². The summed E-state index contributed by atoms with van der Waals surface area (Å²) >= 11 is 3.41. The summed E-state index contributed by atoms with van der Waals surface area (Å²) in [7, 11) is 0. The van der Waals surface area contributed by atoms with Crippen molar-refractivity contribution >= 4 is 27.7 Å². The van der Waals surface area contributed by atoms with Gasteiger partial charge in [-0.1, -0.05) is 12.1 Å². The number of ether oxygens (including phenoxy) is 1. The van der Waals surface area contributed by atoms with Crippen molar-refractivity contribution < 1.29 is 14.3 Å². The normalized spacial score (nSPS) is 10.3. The second-order valence-electron chi connectivity index (χ2n) is 4.06. The van der Waals surface area contributed by atoms with Gasteiger partial charge in [0.25, 0.3) is 0 Å². The van der Waals surface area contributed by atoms with Gasteiger partial charge >= 0.3 is 5.97 Å². The van der Waals surface area contributed by atoms with Gasteiger partial charge < -0.3 is 4.74 Å². The number of hydrogen-bond acceptors (Lipinski definition) is 4. The van der Waals surface area contributed by atoms with Crippen molar-refractivity contribution in [1.82, 2.24) is 9.78 Å². The number of nitrogens with zero attached hydrogens (tertiary/aromatic N) is 2. The molecule has 1 aromatic heterocycles. The number of carbonyl (C=O) groups is 2. The molecule has 2 rings (SSSR count). The fourth-order valence-corrected chi connectivity index (χ4v) is 2.21. The lowest BCUT2D eigenvalue weighted by Gasteiger charge is -2.03. The first kappa shape index (κ1) is 14.5. The van der Waals surface area contributed by atoms with Gasteiger partial charge in [0.1, 0.15) is 0 Å². The molecular weight excluding hydrogens is 324 g/mol. The Morgan fingerprint density at radius 2 is 2.05 bits per heavy atom. The SMILES string of the molecule is CCOC(=O)c1nn(-c2ccccc2Br)cc1C(C)=O. The summed E-state index contributed by atoms with van der Waals surface area (Å²) in [6, 6.07) is 7.40. The Labute approximate surface area is 124 Å². The molecule has 0 amide bonds. The zero-order chi connectivity index (χ0) is 14.7. The first-order chi connectivity index (χ1) is 9.54. The van der Waals surface area contributed by atoms with E-state index < -0.39 is 5.97 Å². The molecule has 0 aliphatic rings. The summed E-state index contributed by atoms with van der Waals surface area (Å²) < 4.78 is 7.23. The zero-order valence-corrected chi connectivity index (χ0v) is 12.7. The fraction of sp³-hybridized carbons (Fsp3) is 0.214. The highest BCUT2D eigenvalue weighted by Gasteiger charge is 2.21. The molecule has 2 aromatic rings. The molecule has 1 aromatic carbocycles. The molecule has 0 radical (unpaired) electrons. The van der Waals surface area contributed by atoms with Crippen LogP contribution in [0, 0.1) is 0 Å². The van der Waals surface area contributed by atoms with Crippen molar-refractivity contribution in [3.05, 3.63) is 46.2 Å². The number of aromatic nitrogens is 2. The largest absolute Gasteiger partial charge is 0.461 e. The van der Waals surface area contributed by atoms with E-state index in [9.17, 15) is 9.59 Å². The third-order valence-electron chi connectivity index (χ3n) is 2.66. The van der Waals surface area contributed by atoms with Crippen LogP contribution in [0.5, 0.6) is 0 Å². The lowest BCUT2D eigenvalue weighted by molar-refractivity contribution is 0.0516. The van der Waals surface area contributed by atoms with Crippen LogP contribution in [0.25, 0.3) is 5.69 Å². The van der Waals surface area contributed by atoms with Gasteiger partial charge in [0.15, 0.2) is 11.5 Å². The van der Waals surface area contributed by atoms with E-state index in [0.717, 1.165) is 10.2 Å². The number of Topliss-reactive ketones (excluding diaryl/α,β-unsaturated/α-hetero) is 1. The van der Waals surface area contributed by atoms with Crippen LogP contribution in [0.15, 0.2) is 34.9 Å². The summed E-state index contributed by atoms with van der Waals surface area (Å²) in [6.45, 7) is 3.33. The molecule has 0 aliphatic carbocycles. The smallest absolute Gasteiger partial charge is 0.359 e. The molecule has 0 N–H and O–H groups in total. The first-order valence-corrected chi connectivity index (χ1v) is 6.86. The fourth-order valence-electron chi connectivity index (χ4n) is 1.74. The van der Waals surface area contributed by atoms with Crippen molar-refractivity contribution in [3.63, 3.8) is 0 Å². The van der Waals surface area contributed by atoms with Crippen LogP contribution in [0.2, 0.25) is 0 Å². The molecule has 20 heavy (non-hydrogen) atoms. The molecule has 5 nitrogen and oxygen atoms in total. The zero-order valence-electron chi connectivity index (χ0n) is 11.1.